The number of pyridine rings is 1. The minimum Gasteiger partial charge on any atom is -0.388 e. The van der Waals surface area contributed by atoms with E-state index in [2.05, 4.69) is 20.9 Å². The summed E-state index contributed by atoms with van der Waals surface area (Å²) in [5.74, 6) is 0. The number of benzene rings is 2. The number of hydrogen-bond donors (Lipinski definition) is 1. The average Bonchev–Trinajstić information content (AvgIpc) is 2.50. The van der Waals surface area contributed by atoms with Gasteiger partial charge in [0.1, 0.15) is 0 Å². The Balaban J connectivity index is 1.85. The summed E-state index contributed by atoms with van der Waals surface area (Å²) < 4.78 is 0.784. The normalized spacial score (nSPS) is 12.5. The molecule has 1 N–H and O–H groups in total. The third-order valence-corrected chi connectivity index (χ3v) is 4.60. The monoisotopic (exact) mass is 361 g/mol. The molecule has 2 aromatic carbocycles. The molecule has 4 heteroatoms. The summed E-state index contributed by atoms with van der Waals surface area (Å²) in [6.45, 7) is 0. The molecule has 1 unspecified atom stereocenters. The SMILES string of the molecule is OC(Cc1ccc2ccccc2n1)c1ccc(Cl)c(Br)c1. The van der Waals surface area contributed by atoms with E-state index in [1.807, 2.05) is 48.5 Å². The summed E-state index contributed by atoms with van der Waals surface area (Å²) in [5.41, 5.74) is 2.63. The van der Waals surface area contributed by atoms with Crippen LogP contribution in [-0.4, -0.2) is 10.1 Å². The number of para-hydroxylation sites is 1. The van der Waals surface area contributed by atoms with E-state index in [-0.39, 0.29) is 0 Å². The first kappa shape index (κ1) is 14.5. The van der Waals surface area contributed by atoms with Crippen molar-refractivity contribution in [2.45, 2.75) is 12.5 Å². The Hall–Kier alpha value is -1.42. The van der Waals surface area contributed by atoms with Crippen LogP contribution in [0.3, 0.4) is 0 Å². The first-order valence-electron chi connectivity index (χ1n) is 6.61. The van der Waals surface area contributed by atoms with Crippen molar-refractivity contribution in [3.8, 4) is 0 Å². The van der Waals surface area contributed by atoms with E-state index in [1.54, 1.807) is 6.07 Å². The fourth-order valence-corrected chi connectivity index (χ4v) is 2.77. The number of fused-ring (bicyclic) bond motifs is 1. The van der Waals surface area contributed by atoms with Crippen LogP contribution in [0, 0.1) is 0 Å². The van der Waals surface area contributed by atoms with Crippen LogP contribution in [0.5, 0.6) is 0 Å². The minimum absolute atomic E-state index is 0.471. The number of rotatable bonds is 3. The van der Waals surface area contributed by atoms with Gasteiger partial charge in [0.15, 0.2) is 0 Å². The van der Waals surface area contributed by atoms with Crippen LogP contribution in [0.4, 0.5) is 0 Å². The molecule has 1 atom stereocenters. The molecule has 2 nitrogen and oxygen atoms in total. The standard InChI is InChI=1S/C17H13BrClNO/c18-14-9-12(6-8-15(14)19)17(21)10-13-7-5-11-3-1-2-4-16(11)20-13/h1-9,17,21H,10H2. The van der Waals surface area contributed by atoms with Crippen molar-refractivity contribution in [3.05, 3.63) is 75.4 Å². The number of aliphatic hydroxyl groups excluding tert-OH is 1. The van der Waals surface area contributed by atoms with Gasteiger partial charge in [-0.15, -0.1) is 0 Å². The highest BCUT2D eigenvalue weighted by Crippen LogP contribution is 2.27. The molecule has 0 saturated heterocycles. The lowest BCUT2D eigenvalue weighted by Gasteiger charge is -2.12. The molecule has 0 spiro atoms. The predicted molar refractivity (Wildman–Crippen MR) is 89.6 cm³/mol. The largest absolute Gasteiger partial charge is 0.388 e. The smallest absolute Gasteiger partial charge is 0.0845 e. The lowest BCUT2D eigenvalue weighted by molar-refractivity contribution is 0.177. The molecule has 0 radical (unpaired) electrons. The average molecular weight is 363 g/mol. The zero-order chi connectivity index (χ0) is 14.8. The van der Waals surface area contributed by atoms with E-state index in [0.717, 1.165) is 26.6 Å². The maximum absolute atomic E-state index is 10.4. The van der Waals surface area contributed by atoms with E-state index >= 15 is 0 Å². The second kappa shape index (κ2) is 6.14. The first-order chi connectivity index (χ1) is 10.1. The third-order valence-electron chi connectivity index (χ3n) is 3.39. The van der Waals surface area contributed by atoms with Crippen molar-refractivity contribution < 1.29 is 5.11 Å². The molecule has 0 fully saturated rings. The molecule has 3 rings (SSSR count). The van der Waals surface area contributed by atoms with Gasteiger partial charge in [0.05, 0.1) is 16.6 Å². The van der Waals surface area contributed by atoms with Gasteiger partial charge in [0.2, 0.25) is 0 Å². The molecule has 0 aliphatic heterocycles. The molecule has 0 amide bonds. The zero-order valence-electron chi connectivity index (χ0n) is 11.1. The summed E-state index contributed by atoms with van der Waals surface area (Å²) in [6, 6.07) is 17.4. The fourth-order valence-electron chi connectivity index (χ4n) is 2.26. The number of halogens is 2. The molecule has 1 aromatic heterocycles. The van der Waals surface area contributed by atoms with Crippen molar-refractivity contribution in [3.63, 3.8) is 0 Å². The molecule has 1 heterocycles. The Morgan fingerprint density at radius 2 is 1.90 bits per heavy atom. The molecule has 0 saturated carbocycles. The van der Waals surface area contributed by atoms with Gasteiger partial charge < -0.3 is 5.11 Å². The van der Waals surface area contributed by atoms with Crippen LogP contribution in [-0.2, 0) is 6.42 Å². The van der Waals surface area contributed by atoms with Gasteiger partial charge in [0, 0.05) is 22.0 Å². The summed E-state index contributed by atoms with van der Waals surface area (Å²) in [7, 11) is 0. The molecule has 0 bridgehead atoms. The Morgan fingerprint density at radius 1 is 1.10 bits per heavy atom. The second-order valence-corrected chi connectivity index (χ2v) is 6.15. The quantitative estimate of drug-likeness (QED) is 0.717. The Labute approximate surface area is 136 Å². The molecule has 3 aromatic rings. The van der Waals surface area contributed by atoms with Crippen molar-refractivity contribution in [1.29, 1.82) is 0 Å². The molecule has 0 aliphatic rings. The number of aromatic nitrogens is 1. The maximum atomic E-state index is 10.4. The highest BCUT2D eigenvalue weighted by molar-refractivity contribution is 9.10. The number of hydrogen-bond acceptors (Lipinski definition) is 2. The van der Waals surface area contributed by atoms with Gasteiger partial charge in [-0.25, -0.2) is 0 Å². The number of aliphatic hydroxyl groups is 1. The molecule has 106 valence electrons. The van der Waals surface area contributed by atoms with Gasteiger partial charge in [-0.3, -0.25) is 4.98 Å². The maximum Gasteiger partial charge on any atom is 0.0845 e. The van der Waals surface area contributed by atoms with Gasteiger partial charge in [-0.1, -0.05) is 41.9 Å². The lowest BCUT2D eigenvalue weighted by Crippen LogP contribution is -2.03. The van der Waals surface area contributed by atoms with Gasteiger partial charge in [-0.05, 0) is 45.8 Å². The summed E-state index contributed by atoms with van der Waals surface area (Å²) in [5, 5.41) is 12.1. The minimum atomic E-state index is -0.604. The van der Waals surface area contributed by atoms with Crippen LogP contribution in [0.25, 0.3) is 10.9 Å². The van der Waals surface area contributed by atoms with Crippen molar-refractivity contribution >= 4 is 38.4 Å². The van der Waals surface area contributed by atoms with Crippen molar-refractivity contribution in [1.82, 2.24) is 4.98 Å². The van der Waals surface area contributed by atoms with Gasteiger partial charge in [0.25, 0.3) is 0 Å². The topological polar surface area (TPSA) is 33.1 Å². The second-order valence-electron chi connectivity index (χ2n) is 4.89. The van der Waals surface area contributed by atoms with Crippen LogP contribution < -0.4 is 0 Å². The summed E-state index contributed by atoms with van der Waals surface area (Å²) in [4.78, 5) is 4.58. The van der Waals surface area contributed by atoms with Gasteiger partial charge >= 0.3 is 0 Å². The molecular weight excluding hydrogens is 350 g/mol. The predicted octanol–water partition coefficient (Wildman–Crippen LogP) is 4.93. The Morgan fingerprint density at radius 3 is 2.71 bits per heavy atom. The summed E-state index contributed by atoms with van der Waals surface area (Å²) >= 11 is 9.34. The Kier molecular flexibility index (Phi) is 4.24. The van der Waals surface area contributed by atoms with Crippen molar-refractivity contribution in [2.75, 3.05) is 0 Å². The lowest BCUT2D eigenvalue weighted by atomic mass is 10.0. The highest BCUT2D eigenvalue weighted by atomic mass is 79.9. The zero-order valence-corrected chi connectivity index (χ0v) is 13.5. The van der Waals surface area contributed by atoms with Crippen molar-refractivity contribution in [2.24, 2.45) is 0 Å². The highest BCUT2D eigenvalue weighted by Gasteiger charge is 2.11. The fraction of sp³-hybridized carbons (Fsp3) is 0.118. The first-order valence-corrected chi connectivity index (χ1v) is 7.78. The molecular formula is C17H13BrClNO. The Bertz CT molecular complexity index is 791. The van der Waals surface area contributed by atoms with E-state index in [1.165, 1.54) is 0 Å². The van der Waals surface area contributed by atoms with E-state index in [4.69, 9.17) is 11.6 Å². The van der Waals surface area contributed by atoms with E-state index < -0.39 is 6.10 Å². The van der Waals surface area contributed by atoms with Crippen LogP contribution in [0.2, 0.25) is 5.02 Å². The van der Waals surface area contributed by atoms with Crippen LogP contribution in [0.15, 0.2) is 59.1 Å². The van der Waals surface area contributed by atoms with Gasteiger partial charge in [-0.2, -0.15) is 0 Å². The van der Waals surface area contributed by atoms with Crippen LogP contribution in [0.1, 0.15) is 17.4 Å². The molecule has 0 aliphatic carbocycles. The van der Waals surface area contributed by atoms with E-state index in [0.29, 0.717) is 11.4 Å². The van der Waals surface area contributed by atoms with Crippen LogP contribution >= 0.6 is 27.5 Å². The third kappa shape index (κ3) is 3.26. The van der Waals surface area contributed by atoms with E-state index in [9.17, 15) is 5.11 Å². The number of nitrogens with zero attached hydrogens (tertiary/aromatic N) is 1. The summed E-state index contributed by atoms with van der Waals surface area (Å²) in [6.07, 6.45) is -0.133. The molecule has 21 heavy (non-hydrogen) atoms.